The molecule has 0 N–H and O–H groups in total. The molecule has 17 heavy (non-hydrogen) atoms. The zero-order valence-corrected chi connectivity index (χ0v) is 10.3. The molecule has 0 aliphatic heterocycles. The third-order valence-electron chi connectivity index (χ3n) is 2.85. The van der Waals surface area contributed by atoms with Gasteiger partial charge in [0, 0.05) is 13.1 Å². The summed E-state index contributed by atoms with van der Waals surface area (Å²) in [4.78, 5) is 13.6. The molecular formula is C11H18N4O2. The Morgan fingerprint density at radius 3 is 2.94 bits per heavy atom. The van der Waals surface area contributed by atoms with E-state index < -0.39 is 0 Å². The van der Waals surface area contributed by atoms with E-state index in [-0.39, 0.29) is 5.97 Å². The minimum atomic E-state index is -0.165. The van der Waals surface area contributed by atoms with E-state index in [1.165, 1.54) is 0 Å². The van der Waals surface area contributed by atoms with Gasteiger partial charge in [-0.3, -0.25) is 9.69 Å². The first-order chi connectivity index (χ1) is 8.20. The number of nitrogens with zero attached hydrogens (tertiary/aromatic N) is 4. The monoisotopic (exact) mass is 238 g/mol. The lowest BCUT2D eigenvalue weighted by Gasteiger charge is -2.19. The molecular weight excluding hydrogens is 220 g/mol. The molecule has 0 amide bonds. The van der Waals surface area contributed by atoms with Crippen LogP contribution in [0.15, 0.2) is 6.33 Å². The molecule has 6 nitrogen and oxygen atoms in total. The molecule has 0 unspecified atom stereocenters. The standard InChI is InChI=1S/C11H18N4O2/c1-3-17-11(16)7-15(9-4-5-9)6-10-13-12-8-14(10)2/h8-9H,3-7H2,1-2H3. The van der Waals surface area contributed by atoms with Crippen molar-refractivity contribution in [2.45, 2.75) is 32.4 Å². The van der Waals surface area contributed by atoms with Gasteiger partial charge in [0.05, 0.1) is 19.7 Å². The van der Waals surface area contributed by atoms with Crippen molar-refractivity contribution in [2.24, 2.45) is 7.05 Å². The molecule has 2 rings (SSSR count). The molecule has 94 valence electrons. The molecule has 0 spiro atoms. The van der Waals surface area contributed by atoms with Gasteiger partial charge in [0.25, 0.3) is 0 Å². The predicted octanol–water partition coefficient (Wildman–Crippen LogP) is 0.343. The van der Waals surface area contributed by atoms with Gasteiger partial charge in [0.2, 0.25) is 0 Å². The smallest absolute Gasteiger partial charge is 0.320 e. The highest BCUT2D eigenvalue weighted by Crippen LogP contribution is 2.27. The van der Waals surface area contributed by atoms with Crippen LogP contribution in [0.3, 0.4) is 0 Å². The van der Waals surface area contributed by atoms with Crippen molar-refractivity contribution >= 4 is 5.97 Å². The lowest BCUT2D eigenvalue weighted by molar-refractivity contribution is -0.144. The number of aryl methyl sites for hydroxylation is 1. The second-order valence-electron chi connectivity index (χ2n) is 4.30. The van der Waals surface area contributed by atoms with Crippen molar-refractivity contribution in [1.29, 1.82) is 0 Å². The van der Waals surface area contributed by atoms with Crippen LogP contribution in [0.25, 0.3) is 0 Å². The van der Waals surface area contributed by atoms with Crippen LogP contribution >= 0.6 is 0 Å². The van der Waals surface area contributed by atoms with Gasteiger partial charge >= 0.3 is 5.97 Å². The summed E-state index contributed by atoms with van der Waals surface area (Å²) < 4.78 is 6.85. The van der Waals surface area contributed by atoms with E-state index in [0.29, 0.717) is 25.7 Å². The topological polar surface area (TPSA) is 60.2 Å². The van der Waals surface area contributed by atoms with Crippen molar-refractivity contribution in [3.05, 3.63) is 12.2 Å². The normalized spacial score (nSPS) is 15.2. The quantitative estimate of drug-likeness (QED) is 0.669. The van der Waals surface area contributed by atoms with Crippen LogP contribution < -0.4 is 0 Å². The first kappa shape index (κ1) is 12.0. The maximum absolute atomic E-state index is 11.5. The molecule has 1 aliphatic rings. The SMILES string of the molecule is CCOC(=O)CN(Cc1nncn1C)C1CC1. The number of aromatic nitrogens is 3. The minimum Gasteiger partial charge on any atom is -0.465 e. The Labute approximate surface area is 101 Å². The van der Waals surface area contributed by atoms with E-state index in [1.807, 2.05) is 18.5 Å². The molecule has 1 aliphatic carbocycles. The summed E-state index contributed by atoms with van der Waals surface area (Å²) in [6.45, 7) is 3.24. The highest BCUT2D eigenvalue weighted by Gasteiger charge is 2.31. The van der Waals surface area contributed by atoms with Gasteiger partial charge in [0.1, 0.15) is 12.2 Å². The van der Waals surface area contributed by atoms with Crippen LogP contribution in [0.5, 0.6) is 0 Å². The van der Waals surface area contributed by atoms with Crippen LogP contribution in [0, 0.1) is 0 Å². The van der Waals surface area contributed by atoms with E-state index in [2.05, 4.69) is 15.1 Å². The van der Waals surface area contributed by atoms with Crippen LogP contribution in [0.2, 0.25) is 0 Å². The zero-order chi connectivity index (χ0) is 12.3. The number of ether oxygens (including phenoxy) is 1. The van der Waals surface area contributed by atoms with Crippen molar-refractivity contribution in [2.75, 3.05) is 13.2 Å². The lowest BCUT2D eigenvalue weighted by Crippen LogP contribution is -2.33. The van der Waals surface area contributed by atoms with Gasteiger partial charge in [0.15, 0.2) is 0 Å². The number of esters is 1. The summed E-state index contributed by atoms with van der Waals surface area (Å²) in [6, 6.07) is 0.496. The maximum Gasteiger partial charge on any atom is 0.320 e. The summed E-state index contributed by atoms with van der Waals surface area (Å²) in [5.41, 5.74) is 0. The highest BCUT2D eigenvalue weighted by molar-refractivity contribution is 5.71. The second kappa shape index (κ2) is 5.27. The molecule has 0 radical (unpaired) electrons. The first-order valence-corrected chi connectivity index (χ1v) is 5.93. The van der Waals surface area contributed by atoms with Crippen molar-refractivity contribution in [1.82, 2.24) is 19.7 Å². The minimum absolute atomic E-state index is 0.165. The fourth-order valence-corrected chi connectivity index (χ4v) is 1.76. The molecule has 1 heterocycles. The average Bonchev–Trinajstić information content (AvgIpc) is 3.05. The molecule has 6 heteroatoms. The van der Waals surface area contributed by atoms with Crippen LogP contribution in [-0.2, 0) is 23.1 Å². The molecule has 0 aromatic carbocycles. The lowest BCUT2D eigenvalue weighted by atomic mass is 10.4. The summed E-state index contributed by atoms with van der Waals surface area (Å²) in [6.07, 6.45) is 3.97. The van der Waals surface area contributed by atoms with Crippen LogP contribution in [-0.4, -0.2) is 44.8 Å². The largest absolute Gasteiger partial charge is 0.465 e. The number of hydrogen-bond acceptors (Lipinski definition) is 5. The van der Waals surface area contributed by atoms with E-state index in [1.54, 1.807) is 6.33 Å². The molecule has 1 saturated carbocycles. The van der Waals surface area contributed by atoms with Crippen LogP contribution in [0.4, 0.5) is 0 Å². The van der Waals surface area contributed by atoms with E-state index in [4.69, 9.17) is 4.74 Å². The highest BCUT2D eigenvalue weighted by atomic mass is 16.5. The Hall–Kier alpha value is -1.43. The van der Waals surface area contributed by atoms with Gasteiger partial charge in [-0.1, -0.05) is 0 Å². The number of hydrogen-bond donors (Lipinski definition) is 0. The Bertz CT molecular complexity index is 387. The summed E-state index contributed by atoms with van der Waals surface area (Å²) >= 11 is 0. The molecule has 1 fully saturated rings. The number of carbonyl (C=O) groups excluding carboxylic acids is 1. The van der Waals surface area contributed by atoms with Crippen molar-refractivity contribution < 1.29 is 9.53 Å². The van der Waals surface area contributed by atoms with Gasteiger partial charge in [-0.15, -0.1) is 10.2 Å². The zero-order valence-electron chi connectivity index (χ0n) is 10.3. The Morgan fingerprint density at radius 2 is 2.41 bits per heavy atom. The first-order valence-electron chi connectivity index (χ1n) is 5.93. The summed E-state index contributed by atoms with van der Waals surface area (Å²) in [5.74, 6) is 0.711. The molecule has 1 aromatic heterocycles. The molecule has 0 atom stereocenters. The van der Waals surface area contributed by atoms with Gasteiger partial charge in [-0.05, 0) is 19.8 Å². The van der Waals surface area contributed by atoms with Crippen molar-refractivity contribution in [3.63, 3.8) is 0 Å². The fourth-order valence-electron chi connectivity index (χ4n) is 1.76. The Kier molecular flexibility index (Phi) is 3.73. The van der Waals surface area contributed by atoms with Gasteiger partial charge in [-0.25, -0.2) is 0 Å². The third kappa shape index (κ3) is 3.26. The second-order valence-corrected chi connectivity index (χ2v) is 4.30. The molecule has 0 bridgehead atoms. The summed E-state index contributed by atoms with van der Waals surface area (Å²) in [7, 11) is 1.91. The molecule has 1 aromatic rings. The average molecular weight is 238 g/mol. The van der Waals surface area contributed by atoms with Crippen molar-refractivity contribution in [3.8, 4) is 0 Å². The fraction of sp³-hybridized carbons (Fsp3) is 0.727. The Morgan fingerprint density at radius 1 is 1.65 bits per heavy atom. The van der Waals surface area contributed by atoms with E-state index in [0.717, 1.165) is 18.7 Å². The maximum atomic E-state index is 11.5. The van der Waals surface area contributed by atoms with Crippen LogP contribution in [0.1, 0.15) is 25.6 Å². The molecule has 0 saturated heterocycles. The van der Waals surface area contributed by atoms with Gasteiger partial charge < -0.3 is 9.30 Å². The Balaban J connectivity index is 1.93. The predicted molar refractivity (Wildman–Crippen MR) is 61.1 cm³/mol. The van der Waals surface area contributed by atoms with Gasteiger partial charge in [-0.2, -0.15) is 0 Å². The third-order valence-corrected chi connectivity index (χ3v) is 2.85. The van der Waals surface area contributed by atoms with E-state index in [9.17, 15) is 4.79 Å². The van der Waals surface area contributed by atoms with E-state index >= 15 is 0 Å². The number of rotatable bonds is 6. The number of carbonyl (C=O) groups is 1. The summed E-state index contributed by atoms with van der Waals surface area (Å²) in [5, 5.41) is 7.88.